The summed E-state index contributed by atoms with van der Waals surface area (Å²) < 4.78 is 35.1. The molecule has 3 rings (SSSR count). The van der Waals surface area contributed by atoms with Crippen LogP contribution in [-0.4, -0.2) is 67.1 Å². The molecule has 0 bridgehead atoms. The van der Waals surface area contributed by atoms with Crippen LogP contribution < -0.4 is 14.3 Å². The minimum atomic E-state index is -2.35. The second kappa shape index (κ2) is 14.5. The molecular weight excluding hydrogens is 754 g/mol. The lowest BCUT2D eigenvalue weighted by Crippen LogP contribution is -2.51. The van der Waals surface area contributed by atoms with Gasteiger partial charge < -0.3 is 27.3 Å². The predicted octanol–water partition coefficient (Wildman–Crippen LogP) is 10.3. The monoisotopic (exact) mass is 817 g/mol. The molecule has 1 unspecified atom stereocenters. The Hall–Kier alpha value is -0.709. The van der Waals surface area contributed by atoms with Gasteiger partial charge in [-0.1, -0.05) is 84.9 Å². The number of halogens is 1. The molecule has 1 saturated heterocycles. The lowest BCUT2D eigenvalue weighted by atomic mass is 9.85. The van der Waals surface area contributed by atoms with Gasteiger partial charge in [-0.05, 0) is 74.4 Å². The van der Waals surface area contributed by atoms with E-state index < -0.39 is 25.0 Å². The first-order valence-corrected chi connectivity index (χ1v) is 27.5. The number of likely N-dealkylation sites (tertiary alicyclic amines) is 1. The molecule has 0 aliphatic carbocycles. The molecule has 0 radical (unpaired) electrons. The van der Waals surface area contributed by atoms with E-state index in [1.807, 2.05) is 6.07 Å². The van der Waals surface area contributed by atoms with E-state index in [0.29, 0.717) is 29.1 Å². The summed E-state index contributed by atoms with van der Waals surface area (Å²) in [7, 11) is -4.68. The molecule has 0 amide bonds. The summed E-state index contributed by atoms with van der Waals surface area (Å²) in [5.41, 5.74) is 1.40. The Morgan fingerprint density at radius 3 is 1.89 bits per heavy atom. The molecule has 47 heavy (non-hydrogen) atoms. The van der Waals surface area contributed by atoms with Crippen LogP contribution in [0.2, 0.25) is 54.4 Å². The zero-order chi connectivity index (χ0) is 36.0. The van der Waals surface area contributed by atoms with E-state index in [1.165, 1.54) is 0 Å². The molecule has 11 heteroatoms. The van der Waals surface area contributed by atoms with E-state index in [0.717, 1.165) is 35.3 Å². The molecule has 1 aromatic carbocycles. The number of rotatable bonds is 11. The van der Waals surface area contributed by atoms with Gasteiger partial charge in [0.2, 0.25) is 8.32 Å². The van der Waals surface area contributed by atoms with Gasteiger partial charge >= 0.3 is 0 Å². The Morgan fingerprint density at radius 2 is 1.38 bits per heavy atom. The summed E-state index contributed by atoms with van der Waals surface area (Å²) in [6.45, 7) is 36.4. The van der Waals surface area contributed by atoms with Crippen molar-refractivity contribution in [2.24, 2.45) is 0 Å². The van der Waals surface area contributed by atoms with Crippen molar-refractivity contribution in [2.75, 3.05) is 31.2 Å². The maximum absolute atomic E-state index is 14.2. The Morgan fingerprint density at radius 1 is 0.851 bits per heavy atom. The molecule has 2 atom stereocenters. The number of fused-ring (bicyclic) bond motifs is 1. The molecule has 2 aromatic rings. The third-order valence-electron chi connectivity index (χ3n) is 11.2. The summed E-state index contributed by atoms with van der Waals surface area (Å²) in [5.74, 6) is 1.82. The van der Waals surface area contributed by atoms with Crippen molar-refractivity contribution in [2.45, 2.75) is 142 Å². The van der Waals surface area contributed by atoms with Crippen molar-refractivity contribution in [3.63, 3.8) is 0 Å². The van der Waals surface area contributed by atoms with Crippen LogP contribution in [0.25, 0.3) is 11.0 Å². The molecule has 268 valence electrons. The van der Waals surface area contributed by atoms with Crippen LogP contribution in [0.15, 0.2) is 21.3 Å². The van der Waals surface area contributed by atoms with E-state index in [2.05, 4.69) is 136 Å². The van der Waals surface area contributed by atoms with Crippen LogP contribution in [0.4, 0.5) is 0 Å². The Balaban J connectivity index is 2.46. The molecule has 0 saturated carbocycles. The smallest absolute Gasteiger partial charge is 0.250 e. The van der Waals surface area contributed by atoms with Crippen LogP contribution in [0.5, 0.6) is 11.5 Å². The van der Waals surface area contributed by atoms with Crippen LogP contribution in [0.1, 0.15) is 86.0 Å². The summed E-state index contributed by atoms with van der Waals surface area (Å²) in [6.07, 6.45) is 0.775. The standard InChI is InChI=1S/C36H64INO6Si3/c1-34(2,3)45(11,12)42-28-22-29(43-46(13,14)35(4,5)6)32-27(39)21-25(24-40-20-18-37)41-33(32)31(28)26-17-19-38(10)23-30(26)44-47(15,16)36(7,8)9/h21-22,26,30H,17-20,23-24H2,1-16H3/t26-,30?/m0/s1. The Labute approximate surface area is 302 Å². The Bertz CT molecular complexity index is 1450. The highest BCUT2D eigenvalue weighted by atomic mass is 127. The molecule has 0 spiro atoms. The fourth-order valence-electron chi connectivity index (χ4n) is 5.09. The van der Waals surface area contributed by atoms with Crippen LogP contribution in [-0.2, 0) is 15.8 Å². The van der Waals surface area contributed by atoms with Crippen LogP contribution >= 0.6 is 22.6 Å². The second-order valence-corrected chi connectivity index (χ2v) is 33.4. The highest BCUT2D eigenvalue weighted by molar-refractivity contribution is 14.1. The number of alkyl halides is 1. The topological polar surface area (TPSA) is 70.4 Å². The van der Waals surface area contributed by atoms with Gasteiger partial charge in [-0.15, -0.1) is 0 Å². The first-order chi connectivity index (χ1) is 21.2. The minimum Gasteiger partial charge on any atom is -0.543 e. The molecule has 1 fully saturated rings. The summed E-state index contributed by atoms with van der Waals surface area (Å²) >= 11 is 2.29. The van der Waals surface area contributed by atoms with Crippen LogP contribution in [0.3, 0.4) is 0 Å². The number of hydrogen-bond acceptors (Lipinski definition) is 7. The zero-order valence-electron chi connectivity index (χ0n) is 32.3. The number of piperidine rings is 1. The highest BCUT2D eigenvalue weighted by Crippen LogP contribution is 2.49. The van der Waals surface area contributed by atoms with Crippen molar-refractivity contribution < 1.29 is 22.4 Å². The maximum atomic E-state index is 14.2. The molecule has 0 N–H and O–H groups in total. The Kier molecular flexibility index (Phi) is 12.6. The fourth-order valence-corrected chi connectivity index (χ4v) is 8.79. The number of benzene rings is 1. The fraction of sp³-hybridized carbons (Fsp3) is 0.750. The highest BCUT2D eigenvalue weighted by Gasteiger charge is 2.46. The van der Waals surface area contributed by atoms with E-state index in [-0.39, 0.29) is 39.2 Å². The van der Waals surface area contributed by atoms with Crippen molar-refractivity contribution in [1.82, 2.24) is 4.90 Å². The van der Waals surface area contributed by atoms with Crippen molar-refractivity contribution in [3.8, 4) is 11.5 Å². The van der Waals surface area contributed by atoms with Gasteiger partial charge in [0, 0.05) is 34.6 Å². The molecular formula is C36H64INO6Si3. The number of nitrogens with zero attached hydrogens (tertiary/aromatic N) is 1. The van der Waals surface area contributed by atoms with Crippen molar-refractivity contribution >= 4 is 58.5 Å². The number of ether oxygens (including phenoxy) is 1. The average Bonchev–Trinajstić information content (AvgIpc) is 2.87. The normalized spacial score (nSPS) is 19.3. The molecule has 1 aliphatic rings. The van der Waals surface area contributed by atoms with Gasteiger partial charge in [0.1, 0.15) is 34.8 Å². The number of hydrogen-bond donors (Lipinski definition) is 0. The quantitative estimate of drug-likeness (QED) is 0.0968. The van der Waals surface area contributed by atoms with Gasteiger partial charge in [0.15, 0.2) is 13.7 Å². The summed E-state index contributed by atoms with van der Waals surface area (Å²) in [6, 6.07) is 3.62. The van der Waals surface area contributed by atoms with Crippen LogP contribution in [0, 0.1) is 0 Å². The molecule has 2 heterocycles. The van der Waals surface area contributed by atoms with Gasteiger partial charge in [-0.25, -0.2) is 0 Å². The van der Waals surface area contributed by atoms with E-state index in [1.54, 1.807) is 6.07 Å². The lowest BCUT2D eigenvalue weighted by molar-refractivity contribution is 0.0712. The SMILES string of the molecule is CN1CC[C@H](c2c(O[Si](C)(C)C(C)(C)C)cc(O[Si](C)(C)C(C)(C)C)c3c(=O)cc(COCCI)oc23)C(O[Si](C)(C)C(C)(C)C)C1. The predicted molar refractivity (Wildman–Crippen MR) is 214 cm³/mol. The first-order valence-electron chi connectivity index (χ1n) is 17.2. The zero-order valence-corrected chi connectivity index (χ0v) is 37.5. The van der Waals surface area contributed by atoms with Gasteiger partial charge in [0.25, 0.3) is 8.32 Å². The van der Waals surface area contributed by atoms with E-state index in [9.17, 15) is 4.79 Å². The van der Waals surface area contributed by atoms with E-state index in [4.69, 9.17) is 22.4 Å². The van der Waals surface area contributed by atoms with Gasteiger partial charge in [-0.3, -0.25) is 4.79 Å². The summed E-state index contributed by atoms with van der Waals surface area (Å²) in [5, 5.41) is 0.434. The number of likely N-dealkylation sites (N-methyl/N-ethyl adjacent to an activating group) is 1. The molecule has 1 aromatic heterocycles. The third kappa shape index (κ3) is 9.35. The van der Waals surface area contributed by atoms with E-state index >= 15 is 0 Å². The molecule has 1 aliphatic heterocycles. The molecule has 7 nitrogen and oxygen atoms in total. The second-order valence-electron chi connectivity index (χ2n) is 18.1. The van der Waals surface area contributed by atoms with Gasteiger partial charge in [-0.2, -0.15) is 0 Å². The van der Waals surface area contributed by atoms with Crippen molar-refractivity contribution in [1.29, 1.82) is 0 Å². The minimum absolute atomic E-state index is 0.0295. The average molecular weight is 818 g/mol. The maximum Gasteiger partial charge on any atom is 0.250 e. The van der Waals surface area contributed by atoms with Crippen molar-refractivity contribution in [3.05, 3.63) is 33.7 Å². The summed E-state index contributed by atoms with van der Waals surface area (Å²) in [4.78, 5) is 16.6. The largest absolute Gasteiger partial charge is 0.543 e. The lowest BCUT2D eigenvalue weighted by Gasteiger charge is -2.46. The third-order valence-corrected chi connectivity index (χ3v) is 24.8. The first kappa shape index (κ1) is 40.7. The van der Waals surface area contributed by atoms with Gasteiger partial charge in [0.05, 0.1) is 12.7 Å².